The first-order valence-corrected chi connectivity index (χ1v) is 4.45. The Balaban J connectivity index is 2.66. The van der Waals surface area contributed by atoms with Crippen LogP contribution < -0.4 is 5.48 Å². The highest BCUT2D eigenvalue weighted by atomic mass is 16.7. The number of carboxylic acid groups (broad SMARTS) is 1. The third kappa shape index (κ3) is 2.96. The molecule has 0 saturated heterocycles. The first-order chi connectivity index (χ1) is 7.52. The lowest BCUT2D eigenvalue weighted by Gasteiger charge is -2.07. The molecule has 0 bridgehead atoms. The fraction of sp³-hybridized carbons (Fsp3) is 0.200. The standard InChI is InChI=1S/C10H11NO5/c1-6-7(3-2-4-8(6)12)10(15)11-16-5-9(13)14/h2-4,12H,5H2,1H3,(H,11,15)(H,13,14). The number of hydrogen-bond acceptors (Lipinski definition) is 4. The molecule has 0 atom stereocenters. The molecule has 1 aromatic rings. The number of rotatable bonds is 4. The smallest absolute Gasteiger partial charge is 0.332 e. The summed E-state index contributed by atoms with van der Waals surface area (Å²) in [5.74, 6) is -1.80. The Hall–Kier alpha value is -2.08. The highest BCUT2D eigenvalue weighted by Crippen LogP contribution is 2.19. The van der Waals surface area contributed by atoms with Crippen LogP contribution >= 0.6 is 0 Å². The summed E-state index contributed by atoms with van der Waals surface area (Å²) in [6, 6.07) is 4.45. The number of amides is 1. The molecule has 0 spiro atoms. The van der Waals surface area contributed by atoms with Crippen LogP contribution in [0.3, 0.4) is 0 Å². The summed E-state index contributed by atoms with van der Waals surface area (Å²) in [6.45, 7) is 0.949. The first-order valence-electron chi connectivity index (χ1n) is 4.45. The van der Waals surface area contributed by atoms with Gasteiger partial charge in [-0.3, -0.25) is 9.63 Å². The van der Waals surface area contributed by atoms with E-state index in [0.29, 0.717) is 5.56 Å². The largest absolute Gasteiger partial charge is 0.508 e. The van der Waals surface area contributed by atoms with E-state index in [4.69, 9.17) is 5.11 Å². The van der Waals surface area contributed by atoms with Gasteiger partial charge in [-0.1, -0.05) is 6.07 Å². The molecule has 1 amide bonds. The normalized spacial score (nSPS) is 9.81. The van der Waals surface area contributed by atoms with Gasteiger partial charge in [-0.15, -0.1) is 0 Å². The van der Waals surface area contributed by atoms with Crippen molar-refractivity contribution in [1.82, 2.24) is 5.48 Å². The highest BCUT2D eigenvalue weighted by molar-refractivity contribution is 5.95. The fourth-order valence-corrected chi connectivity index (χ4v) is 1.09. The van der Waals surface area contributed by atoms with Gasteiger partial charge in [0.05, 0.1) is 0 Å². The zero-order chi connectivity index (χ0) is 12.1. The van der Waals surface area contributed by atoms with E-state index in [1.54, 1.807) is 6.92 Å². The predicted molar refractivity (Wildman–Crippen MR) is 53.9 cm³/mol. The number of phenols is 1. The Kier molecular flexibility index (Phi) is 3.84. The third-order valence-corrected chi connectivity index (χ3v) is 1.91. The number of carbonyl (C=O) groups is 2. The van der Waals surface area contributed by atoms with Gasteiger partial charge in [0.1, 0.15) is 5.75 Å². The Morgan fingerprint density at radius 2 is 2.12 bits per heavy atom. The van der Waals surface area contributed by atoms with Gasteiger partial charge >= 0.3 is 5.97 Å². The van der Waals surface area contributed by atoms with Crippen LogP contribution in [-0.2, 0) is 9.63 Å². The molecule has 0 radical (unpaired) electrons. The molecule has 0 aliphatic heterocycles. The van der Waals surface area contributed by atoms with Crippen LogP contribution in [0.1, 0.15) is 15.9 Å². The number of aliphatic carboxylic acids is 1. The lowest BCUT2D eigenvalue weighted by Crippen LogP contribution is -2.27. The third-order valence-electron chi connectivity index (χ3n) is 1.91. The maximum atomic E-state index is 11.5. The molecule has 0 fully saturated rings. The first kappa shape index (κ1) is 12.0. The van der Waals surface area contributed by atoms with Gasteiger partial charge in [-0.05, 0) is 19.1 Å². The summed E-state index contributed by atoms with van der Waals surface area (Å²) < 4.78 is 0. The topological polar surface area (TPSA) is 95.9 Å². The SMILES string of the molecule is Cc1c(O)cccc1C(=O)NOCC(=O)O. The number of hydrogen-bond donors (Lipinski definition) is 3. The van der Waals surface area contributed by atoms with Crippen molar-refractivity contribution in [2.75, 3.05) is 6.61 Å². The quantitative estimate of drug-likeness (QED) is 0.646. The second-order valence-electron chi connectivity index (χ2n) is 3.06. The maximum Gasteiger partial charge on any atom is 0.332 e. The zero-order valence-corrected chi connectivity index (χ0v) is 8.56. The van der Waals surface area contributed by atoms with Crippen molar-refractivity contribution in [3.05, 3.63) is 29.3 Å². The van der Waals surface area contributed by atoms with Gasteiger partial charge in [0.15, 0.2) is 6.61 Å². The van der Waals surface area contributed by atoms with Gasteiger partial charge in [0.25, 0.3) is 5.91 Å². The number of phenolic OH excluding ortho intramolecular Hbond substituents is 1. The molecule has 0 unspecified atom stereocenters. The van der Waals surface area contributed by atoms with E-state index in [-0.39, 0.29) is 11.3 Å². The van der Waals surface area contributed by atoms with Gasteiger partial charge in [-0.2, -0.15) is 0 Å². The van der Waals surface area contributed by atoms with Gasteiger partial charge in [0, 0.05) is 11.1 Å². The number of benzene rings is 1. The minimum Gasteiger partial charge on any atom is -0.508 e. The number of hydroxylamine groups is 1. The molecule has 0 saturated carbocycles. The molecule has 0 aromatic heterocycles. The molecule has 3 N–H and O–H groups in total. The molecule has 16 heavy (non-hydrogen) atoms. The van der Waals surface area contributed by atoms with E-state index in [2.05, 4.69) is 4.84 Å². The molecule has 0 heterocycles. The average molecular weight is 225 g/mol. The molecule has 6 nitrogen and oxygen atoms in total. The Labute approximate surface area is 91.4 Å². The maximum absolute atomic E-state index is 11.5. The zero-order valence-electron chi connectivity index (χ0n) is 8.56. The van der Waals surface area contributed by atoms with Crippen molar-refractivity contribution < 1.29 is 24.6 Å². The summed E-state index contributed by atoms with van der Waals surface area (Å²) in [4.78, 5) is 26.0. The van der Waals surface area contributed by atoms with Crippen LogP contribution in [0.25, 0.3) is 0 Å². The molecular formula is C10H11NO5. The minimum absolute atomic E-state index is 0.00844. The second kappa shape index (κ2) is 5.13. The Morgan fingerprint density at radius 1 is 1.44 bits per heavy atom. The Bertz CT molecular complexity index is 416. The molecule has 6 heteroatoms. The van der Waals surface area contributed by atoms with E-state index in [9.17, 15) is 14.7 Å². The van der Waals surface area contributed by atoms with Crippen molar-refractivity contribution in [2.45, 2.75) is 6.92 Å². The van der Waals surface area contributed by atoms with Crippen molar-refractivity contribution in [1.29, 1.82) is 0 Å². The van der Waals surface area contributed by atoms with E-state index < -0.39 is 18.5 Å². The lowest BCUT2D eigenvalue weighted by atomic mass is 10.1. The lowest BCUT2D eigenvalue weighted by molar-refractivity contribution is -0.144. The van der Waals surface area contributed by atoms with E-state index in [1.807, 2.05) is 5.48 Å². The summed E-state index contributed by atoms with van der Waals surface area (Å²) in [7, 11) is 0. The minimum atomic E-state index is -1.19. The second-order valence-corrected chi connectivity index (χ2v) is 3.06. The molecule has 1 rings (SSSR count). The van der Waals surface area contributed by atoms with Crippen LogP contribution in [0.5, 0.6) is 5.75 Å². The van der Waals surface area contributed by atoms with Gasteiger partial charge in [0.2, 0.25) is 0 Å². The molecule has 86 valence electrons. The average Bonchev–Trinajstić information content (AvgIpc) is 2.21. The highest BCUT2D eigenvalue weighted by Gasteiger charge is 2.11. The van der Waals surface area contributed by atoms with Crippen LogP contribution in [0.2, 0.25) is 0 Å². The monoisotopic (exact) mass is 225 g/mol. The molecule has 1 aromatic carbocycles. The summed E-state index contributed by atoms with van der Waals surface area (Å²) in [5, 5.41) is 17.6. The van der Waals surface area contributed by atoms with Crippen molar-refractivity contribution in [3.63, 3.8) is 0 Å². The van der Waals surface area contributed by atoms with Crippen molar-refractivity contribution in [3.8, 4) is 5.75 Å². The summed E-state index contributed by atoms with van der Waals surface area (Å²) in [5.41, 5.74) is 2.60. The Morgan fingerprint density at radius 3 is 2.75 bits per heavy atom. The van der Waals surface area contributed by atoms with Gasteiger partial charge in [-0.25, -0.2) is 10.3 Å². The molecule has 0 aliphatic carbocycles. The number of carboxylic acids is 1. The number of carbonyl (C=O) groups excluding carboxylic acids is 1. The number of aromatic hydroxyl groups is 1. The van der Waals surface area contributed by atoms with Gasteiger partial charge < -0.3 is 10.2 Å². The fourth-order valence-electron chi connectivity index (χ4n) is 1.09. The molecular weight excluding hydrogens is 214 g/mol. The van der Waals surface area contributed by atoms with Crippen molar-refractivity contribution >= 4 is 11.9 Å². The summed E-state index contributed by atoms with van der Waals surface area (Å²) >= 11 is 0. The van der Waals surface area contributed by atoms with E-state index >= 15 is 0 Å². The van der Waals surface area contributed by atoms with Crippen molar-refractivity contribution in [2.24, 2.45) is 0 Å². The van der Waals surface area contributed by atoms with Crippen LogP contribution in [-0.4, -0.2) is 28.7 Å². The van der Waals surface area contributed by atoms with Crippen LogP contribution in [0, 0.1) is 6.92 Å². The van der Waals surface area contributed by atoms with E-state index in [0.717, 1.165) is 0 Å². The van der Waals surface area contributed by atoms with Crippen LogP contribution in [0.4, 0.5) is 0 Å². The molecule has 0 aliphatic rings. The predicted octanol–water partition coefficient (Wildman–Crippen LogP) is 0.447. The van der Waals surface area contributed by atoms with Crippen LogP contribution in [0.15, 0.2) is 18.2 Å². The summed E-state index contributed by atoms with van der Waals surface area (Å²) in [6.07, 6.45) is 0. The number of nitrogens with one attached hydrogen (secondary N) is 1. The van der Waals surface area contributed by atoms with E-state index in [1.165, 1.54) is 18.2 Å².